The maximum atomic E-state index is 12.9. The molecule has 1 aliphatic rings. The largest absolute Gasteiger partial charge is 0.393 e. The number of aromatic nitrogens is 3. The first-order chi connectivity index (χ1) is 11.4. The number of hydrogen-bond acceptors (Lipinski definition) is 4. The number of fused-ring (bicyclic) bond motifs is 1. The van der Waals surface area contributed by atoms with Gasteiger partial charge in [-0.15, -0.1) is 0 Å². The number of carbonyl (C=O) groups is 1. The Morgan fingerprint density at radius 3 is 2.88 bits per heavy atom. The Labute approximate surface area is 140 Å². The number of rotatable bonds is 3. The molecule has 130 valence electrons. The summed E-state index contributed by atoms with van der Waals surface area (Å²) in [5.74, 6) is -0.111. The molecule has 0 radical (unpaired) electrons. The van der Waals surface area contributed by atoms with E-state index in [1.807, 2.05) is 0 Å². The fraction of sp³-hybridized carbons (Fsp3) is 0.588. The number of aromatic amines is 1. The lowest BCUT2D eigenvalue weighted by Gasteiger charge is -2.31. The molecule has 2 aromatic heterocycles. The SMILES string of the molecule is Cc1cc(C(=O)N(C)CC2CCCCC2O)c2c(=O)[nH]n(C)c2n1. The molecule has 0 aromatic carbocycles. The first-order valence-corrected chi connectivity index (χ1v) is 8.38. The van der Waals surface area contributed by atoms with Crippen molar-refractivity contribution in [2.24, 2.45) is 13.0 Å². The van der Waals surface area contributed by atoms with Gasteiger partial charge in [0.1, 0.15) is 0 Å². The monoisotopic (exact) mass is 332 g/mol. The summed E-state index contributed by atoms with van der Waals surface area (Å²) in [6.45, 7) is 2.30. The van der Waals surface area contributed by atoms with Crippen LogP contribution in [0.5, 0.6) is 0 Å². The minimum absolute atomic E-state index is 0.0974. The molecule has 1 aliphatic carbocycles. The van der Waals surface area contributed by atoms with E-state index in [-0.39, 0.29) is 23.5 Å². The van der Waals surface area contributed by atoms with Gasteiger partial charge in [0.2, 0.25) is 0 Å². The van der Waals surface area contributed by atoms with Crippen LogP contribution >= 0.6 is 0 Å². The van der Waals surface area contributed by atoms with Gasteiger partial charge < -0.3 is 10.0 Å². The van der Waals surface area contributed by atoms with E-state index in [4.69, 9.17) is 0 Å². The third-order valence-electron chi connectivity index (χ3n) is 4.90. The van der Waals surface area contributed by atoms with Crippen LogP contribution in [0.3, 0.4) is 0 Å². The third kappa shape index (κ3) is 2.96. The van der Waals surface area contributed by atoms with Gasteiger partial charge in [-0.1, -0.05) is 12.8 Å². The van der Waals surface area contributed by atoms with Gasteiger partial charge >= 0.3 is 0 Å². The molecule has 0 saturated heterocycles. The number of aliphatic hydroxyl groups excluding tert-OH is 1. The Morgan fingerprint density at radius 1 is 1.46 bits per heavy atom. The second kappa shape index (κ2) is 6.39. The molecular weight excluding hydrogens is 308 g/mol. The van der Waals surface area contributed by atoms with E-state index in [2.05, 4.69) is 10.1 Å². The van der Waals surface area contributed by atoms with Crippen molar-refractivity contribution < 1.29 is 9.90 Å². The summed E-state index contributed by atoms with van der Waals surface area (Å²) < 4.78 is 1.53. The number of hydrogen-bond donors (Lipinski definition) is 2. The zero-order valence-electron chi connectivity index (χ0n) is 14.4. The minimum atomic E-state index is -0.353. The lowest BCUT2D eigenvalue weighted by molar-refractivity contribution is 0.0452. The molecule has 24 heavy (non-hydrogen) atoms. The molecular formula is C17H24N4O3. The summed E-state index contributed by atoms with van der Waals surface area (Å²) >= 11 is 0. The maximum absolute atomic E-state index is 12.9. The first-order valence-electron chi connectivity index (χ1n) is 8.38. The average Bonchev–Trinajstić information content (AvgIpc) is 2.82. The van der Waals surface area contributed by atoms with Gasteiger partial charge in [-0.05, 0) is 25.8 Å². The summed E-state index contributed by atoms with van der Waals surface area (Å²) in [6.07, 6.45) is 3.49. The maximum Gasteiger partial charge on any atom is 0.274 e. The lowest BCUT2D eigenvalue weighted by atomic mass is 9.86. The van der Waals surface area contributed by atoms with Gasteiger partial charge in [0.25, 0.3) is 11.5 Å². The fourth-order valence-corrected chi connectivity index (χ4v) is 3.59. The minimum Gasteiger partial charge on any atom is -0.393 e. The molecule has 3 rings (SSSR count). The van der Waals surface area contributed by atoms with Crippen molar-refractivity contribution in [2.75, 3.05) is 13.6 Å². The van der Waals surface area contributed by atoms with E-state index in [1.165, 1.54) is 4.68 Å². The average molecular weight is 332 g/mol. The topological polar surface area (TPSA) is 91.2 Å². The predicted octanol–water partition coefficient (Wildman–Crippen LogP) is 1.19. The predicted molar refractivity (Wildman–Crippen MR) is 91.0 cm³/mol. The van der Waals surface area contributed by atoms with Crippen LogP contribution in [-0.2, 0) is 7.05 Å². The highest BCUT2D eigenvalue weighted by atomic mass is 16.3. The molecule has 0 bridgehead atoms. The van der Waals surface area contributed by atoms with E-state index in [9.17, 15) is 14.7 Å². The zero-order chi connectivity index (χ0) is 17.4. The van der Waals surface area contributed by atoms with Gasteiger partial charge in [0.15, 0.2) is 5.65 Å². The molecule has 2 atom stereocenters. The summed E-state index contributed by atoms with van der Waals surface area (Å²) in [4.78, 5) is 31.0. The number of carbonyl (C=O) groups excluding carboxylic acids is 1. The van der Waals surface area contributed by atoms with Crippen molar-refractivity contribution in [2.45, 2.75) is 38.7 Å². The van der Waals surface area contributed by atoms with E-state index in [0.717, 1.165) is 25.7 Å². The number of pyridine rings is 1. The van der Waals surface area contributed by atoms with Crippen LogP contribution in [-0.4, -0.2) is 50.4 Å². The van der Waals surface area contributed by atoms with Gasteiger partial charge in [0.05, 0.1) is 17.1 Å². The van der Waals surface area contributed by atoms with Crippen molar-refractivity contribution in [3.63, 3.8) is 0 Å². The van der Waals surface area contributed by atoms with Crippen molar-refractivity contribution in [3.8, 4) is 0 Å². The Kier molecular flexibility index (Phi) is 4.45. The fourth-order valence-electron chi connectivity index (χ4n) is 3.59. The Balaban J connectivity index is 1.92. The molecule has 2 aromatic rings. The summed E-state index contributed by atoms with van der Waals surface area (Å²) in [6, 6.07) is 1.66. The van der Waals surface area contributed by atoms with Crippen molar-refractivity contribution in [1.29, 1.82) is 0 Å². The zero-order valence-corrected chi connectivity index (χ0v) is 14.4. The molecule has 1 amide bonds. The van der Waals surface area contributed by atoms with E-state index < -0.39 is 0 Å². The van der Waals surface area contributed by atoms with Crippen LogP contribution in [0.2, 0.25) is 0 Å². The van der Waals surface area contributed by atoms with Gasteiger partial charge in [-0.2, -0.15) is 0 Å². The molecule has 1 saturated carbocycles. The molecule has 1 fully saturated rings. The standard InChI is InChI=1S/C17H24N4O3/c1-10-8-12(14-15(18-10)21(3)19-16(14)23)17(24)20(2)9-11-6-4-5-7-13(11)22/h8,11,13,22H,4-7,9H2,1-3H3,(H,19,23). The van der Waals surface area contributed by atoms with Crippen LogP contribution in [0.1, 0.15) is 41.7 Å². The van der Waals surface area contributed by atoms with Crippen LogP contribution in [0.4, 0.5) is 0 Å². The normalized spacial score (nSPS) is 21.2. The third-order valence-corrected chi connectivity index (χ3v) is 4.90. The molecule has 2 unspecified atom stereocenters. The van der Waals surface area contributed by atoms with E-state index in [0.29, 0.717) is 28.8 Å². The molecule has 0 spiro atoms. The second-order valence-corrected chi connectivity index (χ2v) is 6.81. The van der Waals surface area contributed by atoms with Crippen LogP contribution in [0.15, 0.2) is 10.9 Å². The highest BCUT2D eigenvalue weighted by Crippen LogP contribution is 2.25. The molecule has 2 N–H and O–H groups in total. The van der Waals surface area contributed by atoms with Crippen molar-refractivity contribution in [3.05, 3.63) is 27.7 Å². The molecule has 7 heteroatoms. The Hall–Kier alpha value is -2.15. The van der Waals surface area contributed by atoms with Crippen molar-refractivity contribution >= 4 is 16.9 Å². The highest BCUT2D eigenvalue weighted by molar-refractivity contribution is 6.05. The number of nitrogens with zero attached hydrogens (tertiary/aromatic N) is 3. The van der Waals surface area contributed by atoms with Crippen LogP contribution in [0, 0.1) is 12.8 Å². The van der Waals surface area contributed by atoms with Crippen molar-refractivity contribution in [1.82, 2.24) is 19.7 Å². The Bertz CT molecular complexity index is 823. The lowest BCUT2D eigenvalue weighted by Crippen LogP contribution is -2.38. The second-order valence-electron chi connectivity index (χ2n) is 6.81. The smallest absolute Gasteiger partial charge is 0.274 e. The van der Waals surface area contributed by atoms with Crippen LogP contribution in [0.25, 0.3) is 11.0 Å². The molecule has 7 nitrogen and oxygen atoms in total. The first kappa shape index (κ1) is 16.7. The van der Waals surface area contributed by atoms with E-state index >= 15 is 0 Å². The summed E-state index contributed by atoms with van der Waals surface area (Å²) in [5.41, 5.74) is 1.22. The summed E-state index contributed by atoms with van der Waals surface area (Å²) in [5, 5.41) is 13.1. The van der Waals surface area contributed by atoms with Gasteiger partial charge in [-0.3, -0.25) is 19.4 Å². The quantitative estimate of drug-likeness (QED) is 0.883. The number of nitrogens with one attached hydrogen (secondary N) is 1. The number of aryl methyl sites for hydroxylation is 2. The molecule has 0 aliphatic heterocycles. The van der Waals surface area contributed by atoms with Gasteiger partial charge in [-0.25, -0.2) is 4.98 Å². The highest BCUT2D eigenvalue weighted by Gasteiger charge is 2.27. The van der Waals surface area contributed by atoms with Crippen LogP contribution < -0.4 is 5.56 Å². The number of amides is 1. The summed E-state index contributed by atoms with van der Waals surface area (Å²) in [7, 11) is 3.43. The molecule has 2 heterocycles. The number of H-pyrrole nitrogens is 1. The Morgan fingerprint density at radius 2 is 2.17 bits per heavy atom. The van der Waals surface area contributed by atoms with E-state index in [1.54, 1.807) is 32.0 Å². The number of aliphatic hydroxyl groups is 1. The van der Waals surface area contributed by atoms with Gasteiger partial charge in [0, 0.05) is 32.3 Å².